The Bertz CT molecular complexity index is 503. The molecular formula is C17H25N3O2. The average molecular weight is 303 g/mol. The molecule has 1 aromatic carbocycles. The molecule has 0 saturated carbocycles. The van der Waals surface area contributed by atoms with E-state index in [1.807, 2.05) is 38.1 Å². The summed E-state index contributed by atoms with van der Waals surface area (Å²) in [7, 11) is 0. The largest absolute Gasteiger partial charge is 0.351 e. The Morgan fingerprint density at radius 1 is 1.23 bits per heavy atom. The Kier molecular flexibility index (Phi) is 5.95. The minimum Gasteiger partial charge on any atom is -0.351 e. The van der Waals surface area contributed by atoms with E-state index in [4.69, 9.17) is 0 Å². The van der Waals surface area contributed by atoms with Crippen molar-refractivity contribution in [2.24, 2.45) is 0 Å². The summed E-state index contributed by atoms with van der Waals surface area (Å²) in [4.78, 5) is 25.9. The molecule has 0 radical (unpaired) electrons. The van der Waals surface area contributed by atoms with Crippen LogP contribution in [-0.4, -0.2) is 42.4 Å². The van der Waals surface area contributed by atoms with Crippen molar-refractivity contribution in [1.29, 1.82) is 0 Å². The highest BCUT2D eigenvalue weighted by atomic mass is 16.2. The number of amides is 2. The maximum absolute atomic E-state index is 12.2. The number of carbonyl (C=O) groups is 2. The number of hydrogen-bond donors (Lipinski definition) is 2. The molecule has 1 aliphatic rings. The first kappa shape index (κ1) is 16.5. The molecule has 1 aliphatic heterocycles. The van der Waals surface area contributed by atoms with Gasteiger partial charge in [-0.1, -0.05) is 12.1 Å². The number of carbonyl (C=O) groups excluding carboxylic acids is 2. The molecular weight excluding hydrogens is 278 g/mol. The van der Waals surface area contributed by atoms with Gasteiger partial charge >= 0.3 is 0 Å². The van der Waals surface area contributed by atoms with Crippen LogP contribution < -0.4 is 10.6 Å². The van der Waals surface area contributed by atoms with Gasteiger partial charge in [-0.3, -0.25) is 9.59 Å². The maximum atomic E-state index is 12.2. The van der Waals surface area contributed by atoms with Crippen molar-refractivity contribution in [3.05, 3.63) is 35.4 Å². The van der Waals surface area contributed by atoms with Crippen molar-refractivity contribution in [3.8, 4) is 0 Å². The van der Waals surface area contributed by atoms with Crippen LogP contribution in [0, 0.1) is 0 Å². The highest BCUT2D eigenvalue weighted by Crippen LogP contribution is 2.09. The summed E-state index contributed by atoms with van der Waals surface area (Å²) in [6.07, 6.45) is 1.96. The fourth-order valence-corrected chi connectivity index (χ4v) is 2.68. The standard InChI is InChI=1S/C17H25N3O2/c1-3-20(4-2)17(22)14-9-7-13(8-10-14)12-19-16(21)15-6-5-11-18-15/h7-10,15,18H,3-6,11-12H2,1-2H3,(H,19,21). The van der Waals surface area contributed by atoms with Crippen LogP contribution in [0.1, 0.15) is 42.6 Å². The average Bonchev–Trinajstić information content (AvgIpc) is 3.08. The summed E-state index contributed by atoms with van der Waals surface area (Å²) in [5, 5.41) is 6.12. The topological polar surface area (TPSA) is 61.4 Å². The van der Waals surface area contributed by atoms with Gasteiger partial charge in [0.1, 0.15) is 0 Å². The third-order valence-electron chi connectivity index (χ3n) is 4.10. The number of nitrogens with zero attached hydrogens (tertiary/aromatic N) is 1. The van der Waals surface area contributed by atoms with Crippen molar-refractivity contribution < 1.29 is 9.59 Å². The van der Waals surface area contributed by atoms with Gasteiger partial charge < -0.3 is 15.5 Å². The first-order valence-electron chi connectivity index (χ1n) is 8.05. The smallest absolute Gasteiger partial charge is 0.253 e. The van der Waals surface area contributed by atoms with Gasteiger partial charge in [0, 0.05) is 25.2 Å². The molecule has 1 atom stereocenters. The predicted octanol–water partition coefficient (Wildman–Crippen LogP) is 1.54. The van der Waals surface area contributed by atoms with Crippen LogP contribution in [0.2, 0.25) is 0 Å². The normalized spacial score (nSPS) is 17.3. The number of benzene rings is 1. The molecule has 0 bridgehead atoms. The molecule has 5 heteroatoms. The highest BCUT2D eigenvalue weighted by Gasteiger charge is 2.21. The van der Waals surface area contributed by atoms with E-state index in [2.05, 4.69) is 10.6 Å². The summed E-state index contributed by atoms with van der Waals surface area (Å²) in [6, 6.07) is 7.41. The third kappa shape index (κ3) is 4.07. The number of nitrogens with one attached hydrogen (secondary N) is 2. The maximum Gasteiger partial charge on any atom is 0.253 e. The lowest BCUT2D eigenvalue weighted by Gasteiger charge is -2.18. The zero-order valence-corrected chi connectivity index (χ0v) is 13.4. The van der Waals surface area contributed by atoms with Gasteiger partial charge in [-0.25, -0.2) is 0 Å². The van der Waals surface area contributed by atoms with Gasteiger partial charge in [0.15, 0.2) is 0 Å². The minimum atomic E-state index is -0.0523. The second kappa shape index (κ2) is 7.94. The molecule has 2 rings (SSSR count). The summed E-state index contributed by atoms with van der Waals surface area (Å²) < 4.78 is 0. The van der Waals surface area contributed by atoms with E-state index in [0.717, 1.165) is 24.9 Å². The van der Waals surface area contributed by atoms with Crippen molar-refractivity contribution >= 4 is 11.8 Å². The Morgan fingerprint density at radius 2 is 1.91 bits per heavy atom. The molecule has 1 saturated heterocycles. The number of hydrogen-bond acceptors (Lipinski definition) is 3. The molecule has 22 heavy (non-hydrogen) atoms. The zero-order chi connectivity index (χ0) is 15.9. The van der Waals surface area contributed by atoms with Crippen LogP contribution in [0.15, 0.2) is 24.3 Å². The van der Waals surface area contributed by atoms with E-state index >= 15 is 0 Å². The van der Waals surface area contributed by atoms with Crippen LogP contribution in [0.25, 0.3) is 0 Å². The van der Waals surface area contributed by atoms with Crippen molar-refractivity contribution in [3.63, 3.8) is 0 Å². The molecule has 1 fully saturated rings. The van der Waals surface area contributed by atoms with Crippen molar-refractivity contribution in [2.45, 2.75) is 39.3 Å². The fourth-order valence-electron chi connectivity index (χ4n) is 2.68. The van der Waals surface area contributed by atoms with E-state index in [1.165, 1.54) is 0 Å². The van der Waals surface area contributed by atoms with Gasteiger partial charge in [-0.15, -0.1) is 0 Å². The van der Waals surface area contributed by atoms with Crippen LogP contribution in [0.3, 0.4) is 0 Å². The van der Waals surface area contributed by atoms with Crippen LogP contribution in [-0.2, 0) is 11.3 Å². The molecule has 5 nitrogen and oxygen atoms in total. The second-order valence-electron chi connectivity index (χ2n) is 5.54. The van der Waals surface area contributed by atoms with E-state index < -0.39 is 0 Å². The lowest BCUT2D eigenvalue weighted by Crippen LogP contribution is -2.40. The third-order valence-corrected chi connectivity index (χ3v) is 4.10. The molecule has 0 aliphatic carbocycles. The van der Waals surface area contributed by atoms with E-state index in [9.17, 15) is 9.59 Å². The van der Waals surface area contributed by atoms with Crippen LogP contribution in [0.5, 0.6) is 0 Å². The van der Waals surface area contributed by atoms with E-state index in [-0.39, 0.29) is 17.9 Å². The summed E-state index contributed by atoms with van der Waals surface area (Å²) in [6.45, 7) is 6.78. The summed E-state index contributed by atoms with van der Waals surface area (Å²) in [5.41, 5.74) is 1.69. The van der Waals surface area contributed by atoms with Gasteiger partial charge in [-0.05, 0) is 50.9 Å². The molecule has 1 heterocycles. The molecule has 0 aromatic heterocycles. The van der Waals surface area contributed by atoms with Gasteiger partial charge in [0.05, 0.1) is 6.04 Å². The predicted molar refractivity (Wildman–Crippen MR) is 86.6 cm³/mol. The van der Waals surface area contributed by atoms with Crippen LogP contribution >= 0.6 is 0 Å². The summed E-state index contributed by atoms with van der Waals surface area (Å²) >= 11 is 0. The Morgan fingerprint density at radius 3 is 2.45 bits per heavy atom. The molecule has 2 amide bonds. The van der Waals surface area contributed by atoms with Gasteiger partial charge in [0.2, 0.25) is 5.91 Å². The molecule has 120 valence electrons. The Labute approximate surface area is 132 Å². The molecule has 1 unspecified atom stereocenters. The van der Waals surface area contributed by atoms with Crippen molar-refractivity contribution in [2.75, 3.05) is 19.6 Å². The van der Waals surface area contributed by atoms with E-state index in [1.54, 1.807) is 4.90 Å². The highest BCUT2D eigenvalue weighted by molar-refractivity contribution is 5.94. The Balaban J connectivity index is 1.88. The molecule has 1 aromatic rings. The minimum absolute atomic E-state index is 0.0516. The van der Waals surface area contributed by atoms with Crippen LogP contribution in [0.4, 0.5) is 0 Å². The second-order valence-corrected chi connectivity index (χ2v) is 5.54. The number of rotatable bonds is 6. The first-order chi connectivity index (χ1) is 10.7. The van der Waals surface area contributed by atoms with Crippen molar-refractivity contribution in [1.82, 2.24) is 15.5 Å². The first-order valence-corrected chi connectivity index (χ1v) is 8.05. The molecule has 2 N–H and O–H groups in total. The van der Waals surface area contributed by atoms with E-state index in [0.29, 0.717) is 25.2 Å². The fraction of sp³-hybridized carbons (Fsp3) is 0.529. The van der Waals surface area contributed by atoms with Gasteiger partial charge in [-0.2, -0.15) is 0 Å². The lowest BCUT2D eigenvalue weighted by molar-refractivity contribution is -0.122. The zero-order valence-electron chi connectivity index (χ0n) is 13.4. The SMILES string of the molecule is CCN(CC)C(=O)c1ccc(CNC(=O)C2CCCN2)cc1. The lowest BCUT2D eigenvalue weighted by atomic mass is 10.1. The quantitative estimate of drug-likeness (QED) is 0.838. The molecule has 0 spiro atoms. The monoisotopic (exact) mass is 303 g/mol. The van der Waals surface area contributed by atoms with Gasteiger partial charge in [0.25, 0.3) is 5.91 Å². The Hall–Kier alpha value is -1.88. The summed E-state index contributed by atoms with van der Waals surface area (Å²) in [5.74, 6) is 0.108.